The van der Waals surface area contributed by atoms with Crippen LogP contribution in [0.25, 0.3) is 0 Å². The molecule has 4 atom stereocenters. The molecule has 4 unspecified atom stereocenters. The zero-order valence-electron chi connectivity index (χ0n) is 15.3. The quantitative estimate of drug-likeness (QED) is 0.496. The van der Waals surface area contributed by atoms with Gasteiger partial charge in [-0.15, -0.1) is 0 Å². The first kappa shape index (κ1) is 18.8. The Morgan fingerprint density at radius 2 is 1.48 bits per heavy atom. The first-order valence-corrected chi connectivity index (χ1v) is 11.7. The Balaban J connectivity index is 1.50. The number of para-hydroxylation sites is 2. The first-order valence-electron chi connectivity index (χ1n) is 9.54. The number of carbonyl (C=O) groups excluding carboxylic acids is 2. The summed E-state index contributed by atoms with van der Waals surface area (Å²) in [4.78, 5) is 27.4. The number of benzene rings is 2. The predicted octanol–water partition coefficient (Wildman–Crippen LogP) is 3.75. The summed E-state index contributed by atoms with van der Waals surface area (Å²) in [5.41, 5.74) is 0.192. The topological polar surface area (TPSA) is 80.8 Å². The van der Waals surface area contributed by atoms with E-state index in [4.69, 9.17) is 4.18 Å². The molecule has 2 saturated carbocycles. The molecule has 29 heavy (non-hydrogen) atoms. The van der Waals surface area contributed by atoms with Gasteiger partial charge in [0.25, 0.3) is 0 Å². The summed E-state index contributed by atoms with van der Waals surface area (Å²) in [7, 11) is -4.12. The standard InChI is InChI=1S/C21H18BrNO5S/c22-14-7-9-15(10-8-14)29(26,27)28-17-4-2-1-3-16(17)23-20(24)18-12-5-6-13(11-12)19(18)21(23)25/h1-4,7-10,12-13,18-19H,5-6,11H2. The highest BCUT2D eigenvalue weighted by molar-refractivity contribution is 9.10. The zero-order valence-corrected chi connectivity index (χ0v) is 17.7. The van der Waals surface area contributed by atoms with E-state index in [-0.39, 0.29) is 51.8 Å². The van der Waals surface area contributed by atoms with Gasteiger partial charge < -0.3 is 4.18 Å². The molecule has 0 N–H and O–H groups in total. The van der Waals surface area contributed by atoms with Gasteiger partial charge in [0, 0.05) is 4.47 Å². The molecule has 5 rings (SSSR count). The van der Waals surface area contributed by atoms with E-state index < -0.39 is 10.1 Å². The highest BCUT2D eigenvalue weighted by Gasteiger charge is 2.61. The Kier molecular flexibility index (Phi) is 4.33. The number of imide groups is 1. The van der Waals surface area contributed by atoms with Crippen LogP contribution >= 0.6 is 15.9 Å². The molecule has 1 aliphatic heterocycles. The van der Waals surface area contributed by atoms with Crippen LogP contribution in [0.5, 0.6) is 5.75 Å². The highest BCUT2D eigenvalue weighted by Crippen LogP contribution is 2.57. The van der Waals surface area contributed by atoms with Crippen LogP contribution in [0.15, 0.2) is 57.9 Å². The normalized spacial score (nSPS) is 28.1. The number of halogens is 1. The van der Waals surface area contributed by atoms with Gasteiger partial charge in [-0.05, 0) is 67.5 Å². The molecule has 8 heteroatoms. The third kappa shape index (κ3) is 2.92. The van der Waals surface area contributed by atoms with E-state index in [9.17, 15) is 18.0 Å². The van der Waals surface area contributed by atoms with Gasteiger partial charge in [0.2, 0.25) is 11.8 Å². The third-order valence-electron chi connectivity index (χ3n) is 6.34. The van der Waals surface area contributed by atoms with E-state index in [0.717, 1.165) is 28.6 Å². The van der Waals surface area contributed by atoms with Crippen molar-refractivity contribution < 1.29 is 22.2 Å². The number of anilines is 1. The van der Waals surface area contributed by atoms with Gasteiger partial charge in [-0.1, -0.05) is 28.1 Å². The maximum absolute atomic E-state index is 13.1. The Hall–Kier alpha value is -2.19. The maximum atomic E-state index is 13.1. The van der Waals surface area contributed by atoms with E-state index in [1.54, 1.807) is 30.3 Å². The van der Waals surface area contributed by atoms with Gasteiger partial charge in [-0.3, -0.25) is 9.59 Å². The molecule has 150 valence electrons. The monoisotopic (exact) mass is 475 g/mol. The zero-order chi connectivity index (χ0) is 20.3. The Morgan fingerprint density at radius 3 is 2.10 bits per heavy atom. The van der Waals surface area contributed by atoms with E-state index in [1.165, 1.54) is 18.2 Å². The van der Waals surface area contributed by atoms with E-state index in [1.807, 2.05) is 0 Å². The average molecular weight is 476 g/mol. The number of fused-ring (bicyclic) bond motifs is 5. The van der Waals surface area contributed by atoms with Crippen LogP contribution < -0.4 is 9.08 Å². The molecule has 0 spiro atoms. The van der Waals surface area contributed by atoms with Gasteiger partial charge in [-0.25, -0.2) is 4.90 Å². The predicted molar refractivity (Wildman–Crippen MR) is 109 cm³/mol. The minimum absolute atomic E-state index is 0.00973. The van der Waals surface area contributed by atoms with Crippen LogP contribution in [0.3, 0.4) is 0 Å². The van der Waals surface area contributed by atoms with Crippen molar-refractivity contribution in [2.75, 3.05) is 4.90 Å². The smallest absolute Gasteiger partial charge is 0.339 e. The van der Waals surface area contributed by atoms with Crippen LogP contribution in [0.4, 0.5) is 5.69 Å². The van der Waals surface area contributed by atoms with Gasteiger partial charge in [0.1, 0.15) is 4.90 Å². The van der Waals surface area contributed by atoms with Gasteiger partial charge in [0.05, 0.1) is 17.5 Å². The van der Waals surface area contributed by atoms with E-state index >= 15 is 0 Å². The first-order chi connectivity index (χ1) is 13.9. The fourth-order valence-electron chi connectivity index (χ4n) is 5.13. The number of rotatable bonds is 4. The molecule has 2 aromatic carbocycles. The Labute approximate surface area is 177 Å². The molecule has 2 aromatic rings. The largest absolute Gasteiger partial charge is 0.377 e. The summed E-state index contributed by atoms with van der Waals surface area (Å²) in [6.07, 6.45) is 2.90. The van der Waals surface area contributed by atoms with Crippen molar-refractivity contribution >= 4 is 43.5 Å². The van der Waals surface area contributed by atoms with Crippen molar-refractivity contribution in [3.8, 4) is 5.75 Å². The summed E-state index contributed by atoms with van der Waals surface area (Å²) in [5, 5.41) is 0. The van der Waals surface area contributed by atoms with E-state index in [0.29, 0.717) is 0 Å². The molecule has 6 nitrogen and oxygen atoms in total. The molecule has 0 radical (unpaired) electrons. The lowest BCUT2D eigenvalue weighted by Gasteiger charge is -2.20. The van der Waals surface area contributed by atoms with Crippen molar-refractivity contribution in [3.05, 3.63) is 53.0 Å². The molecule has 3 aliphatic rings. The van der Waals surface area contributed by atoms with Gasteiger partial charge in [-0.2, -0.15) is 8.42 Å². The fourth-order valence-corrected chi connectivity index (χ4v) is 6.33. The summed E-state index contributed by atoms with van der Waals surface area (Å²) in [6.45, 7) is 0. The van der Waals surface area contributed by atoms with Crippen LogP contribution in [-0.2, 0) is 19.7 Å². The second-order valence-corrected chi connectivity index (χ2v) is 10.3. The van der Waals surface area contributed by atoms with Crippen LogP contribution in [-0.4, -0.2) is 20.2 Å². The second-order valence-electron chi connectivity index (χ2n) is 7.86. The molecule has 3 fully saturated rings. The molecule has 2 aliphatic carbocycles. The molecule has 2 amide bonds. The SMILES string of the molecule is O=C1C2C3CCC(C3)C2C(=O)N1c1ccccc1OS(=O)(=O)c1ccc(Br)cc1. The summed E-state index contributed by atoms with van der Waals surface area (Å²) in [5.74, 6) is -0.537. The highest BCUT2D eigenvalue weighted by atomic mass is 79.9. The lowest BCUT2D eigenvalue weighted by atomic mass is 9.81. The lowest BCUT2D eigenvalue weighted by Crippen LogP contribution is -2.33. The Morgan fingerprint density at radius 1 is 0.897 bits per heavy atom. The second kappa shape index (κ2) is 6.67. The Bertz CT molecular complexity index is 1090. The van der Waals surface area contributed by atoms with Crippen molar-refractivity contribution in [1.82, 2.24) is 0 Å². The van der Waals surface area contributed by atoms with Gasteiger partial charge in [0.15, 0.2) is 5.75 Å². The molecule has 1 saturated heterocycles. The molecular weight excluding hydrogens is 458 g/mol. The minimum atomic E-state index is -4.12. The van der Waals surface area contributed by atoms with Crippen molar-refractivity contribution in [3.63, 3.8) is 0 Å². The fraction of sp³-hybridized carbons (Fsp3) is 0.333. The van der Waals surface area contributed by atoms with Crippen LogP contribution in [0, 0.1) is 23.7 Å². The summed E-state index contributed by atoms with van der Waals surface area (Å²) >= 11 is 3.27. The molecule has 0 aromatic heterocycles. The number of hydrogen-bond donors (Lipinski definition) is 0. The van der Waals surface area contributed by atoms with Crippen LogP contribution in [0.1, 0.15) is 19.3 Å². The van der Waals surface area contributed by atoms with Gasteiger partial charge >= 0.3 is 10.1 Å². The minimum Gasteiger partial charge on any atom is -0.377 e. The maximum Gasteiger partial charge on any atom is 0.339 e. The number of nitrogens with zero attached hydrogens (tertiary/aromatic N) is 1. The van der Waals surface area contributed by atoms with Crippen molar-refractivity contribution in [2.24, 2.45) is 23.7 Å². The number of carbonyl (C=O) groups is 2. The molecule has 1 heterocycles. The molecular formula is C21H18BrNO5S. The number of amides is 2. The summed E-state index contributed by atoms with van der Waals surface area (Å²) in [6, 6.07) is 12.4. The lowest BCUT2D eigenvalue weighted by molar-refractivity contribution is -0.123. The third-order valence-corrected chi connectivity index (χ3v) is 8.11. The van der Waals surface area contributed by atoms with Crippen molar-refractivity contribution in [1.29, 1.82) is 0 Å². The van der Waals surface area contributed by atoms with Crippen LogP contribution in [0.2, 0.25) is 0 Å². The van der Waals surface area contributed by atoms with E-state index in [2.05, 4.69) is 15.9 Å². The van der Waals surface area contributed by atoms with Crippen molar-refractivity contribution in [2.45, 2.75) is 24.2 Å². The summed E-state index contributed by atoms with van der Waals surface area (Å²) < 4.78 is 31.6. The molecule has 2 bridgehead atoms. The average Bonchev–Trinajstić information content (AvgIpc) is 3.37. The number of hydrogen-bond acceptors (Lipinski definition) is 5.